The van der Waals surface area contributed by atoms with E-state index >= 15 is 0 Å². The molecule has 0 radical (unpaired) electrons. The monoisotopic (exact) mass is 267 g/mol. The lowest BCUT2D eigenvalue weighted by Crippen LogP contribution is -2.27. The molecule has 1 aromatic heterocycles. The van der Waals surface area contributed by atoms with Crippen molar-refractivity contribution in [1.82, 2.24) is 4.98 Å². The van der Waals surface area contributed by atoms with Crippen LogP contribution in [0, 0.1) is 5.92 Å². The molecule has 0 amide bonds. The number of alkyl halides is 2. The minimum Gasteiger partial charge on any atom is -0.444 e. The van der Waals surface area contributed by atoms with Gasteiger partial charge >= 0.3 is 6.11 Å². The number of hydrogen-bond donors (Lipinski definition) is 0. The number of rotatable bonds is 5. The molecule has 0 aliphatic heterocycles. The highest BCUT2D eigenvalue weighted by Gasteiger charge is 2.34. The van der Waals surface area contributed by atoms with Crippen LogP contribution in [0.25, 0.3) is 11.5 Å². The third-order valence-electron chi connectivity index (χ3n) is 2.66. The van der Waals surface area contributed by atoms with Gasteiger partial charge in [0.05, 0.1) is 6.61 Å². The molecule has 0 aliphatic rings. The Morgan fingerprint density at radius 1 is 1.26 bits per heavy atom. The fraction of sp³-hybridized carbons (Fsp3) is 0.357. The van der Waals surface area contributed by atoms with Crippen LogP contribution in [0.5, 0.6) is 0 Å². The van der Waals surface area contributed by atoms with E-state index in [0.717, 1.165) is 5.56 Å². The highest BCUT2D eigenvalue weighted by Crippen LogP contribution is 2.27. The van der Waals surface area contributed by atoms with Crippen molar-refractivity contribution < 1.29 is 17.9 Å². The van der Waals surface area contributed by atoms with E-state index in [9.17, 15) is 8.78 Å². The lowest BCUT2D eigenvalue weighted by Gasteiger charge is -2.19. The number of hydrogen-bond acceptors (Lipinski definition) is 3. The molecule has 0 N–H and O–H groups in total. The summed E-state index contributed by atoms with van der Waals surface area (Å²) >= 11 is 0. The van der Waals surface area contributed by atoms with Gasteiger partial charge in [-0.25, -0.2) is 4.98 Å². The Morgan fingerprint density at radius 2 is 1.95 bits per heavy atom. The maximum absolute atomic E-state index is 13.3. The largest absolute Gasteiger partial charge is 0.444 e. The molecule has 0 aliphatic carbocycles. The van der Waals surface area contributed by atoms with E-state index in [0.29, 0.717) is 11.6 Å². The van der Waals surface area contributed by atoms with E-state index in [2.05, 4.69) is 9.72 Å². The van der Waals surface area contributed by atoms with Crippen molar-refractivity contribution >= 4 is 0 Å². The molecular weight excluding hydrogens is 252 g/mol. The molecule has 102 valence electrons. The minimum absolute atomic E-state index is 0.276. The molecule has 3 nitrogen and oxygen atoms in total. The number of nitrogens with zero attached hydrogens (tertiary/aromatic N) is 1. The molecule has 2 rings (SSSR count). The molecular formula is C14H15F2NO2. The summed E-state index contributed by atoms with van der Waals surface area (Å²) in [6.07, 6.45) is -1.83. The highest BCUT2D eigenvalue weighted by molar-refractivity contribution is 5.52. The first kappa shape index (κ1) is 13.7. The van der Waals surface area contributed by atoms with Gasteiger partial charge in [0.1, 0.15) is 12.0 Å². The van der Waals surface area contributed by atoms with Crippen molar-refractivity contribution in [2.75, 3.05) is 0 Å². The normalized spacial score (nSPS) is 12.1. The Bertz CT molecular complexity index is 523. The number of benzene rings is 1. The first-order valence-electron chi connectivity index (χ1n) is 6.00. The van der Waals surface area contributed by atoms with E-state index in [1.54, 1.807) is 0 Å². The summed E-state index contributed by atoms with van der Waals surface area (Å²) in [7, 11) is 0. The molecule has 0 unspecified atom stereocenters. The van der Waals surface area contributed by atoms with Gasteiger partial charge in [0.25, 0.3) is 0 Å². The molecule has 2 aromatic rings. The second-order valence-corrected chi connectivity index (χ2v) is 4.52. The maximum atomic E-state index is 13.3. The van der Waals surface area contributed by atoms with Crippen LogP contribution < -0.4 is 0 Å². The minimum atomic E-state index is -3.16. The molecule has 0 saturated carbocycles. The van der Waals surface area contributed by atoms with Gasteiger partial charge in [0.2, 0.25) is 5.89 Å². The second-order valence-electron chi connectivity index (χ2n) is 4.52. The van der Waals surface area contributed by atoms with Gasteiger partial charge in [-0.05, 0) is 12.1 Å². The van der Waals surface area contributed by atoms with Crippen LogP contribution in [0.2, 0.25) is 0 Å². The summed E-state index contributed by atoms with van der Waals surface area (Å²) in [6, 6.07) is 9.24. The molecule has 5 heteroatoms. The quantitative estimate of drug-likeness (QED) is 0.817. The van der Waals surface area contributed by atoms with Crippen LogP contribution in [-0.4, -0.2) is 11.1 Å². The van der Waals surface area contributed by atoms with Gasteiger partial charge in [-0.15, -0.1) is 0 Å². The number of oxazole rings is 1. The van der Waals surface area contributed by atoms with Crippen molar-refractivity contribution in [3.63, 3.8) is 0 Å². The van der Waals surface area contributed by atoms with Crippen LogP contribution in [0.4, 0.5) is 8.78 Å². The average Bonchev–Trinajstić information content (AvgIpc) is 2.86. The van der Waals surface area contributed by atoms with Gasteiger partial charge in [-0.2, -0.15) is 8.78 Å². The molecule has 0 fully saturated rings. The Hall–Kier alpha value is -1.75. The van der Waals surface area contributed by atoms with E-state index in [-0.39, 0.29) is 6.61 Å². The third kappa shape index (κ3) is 3.38. The zero-order valence-corrected chi connectivity index (χ0v) is 10.8. The number of ether oxygens (including phenoxy) is 1. The van der Waals surface area contributed by atoms with Crippen molar-refractivity contribution in [3.8, 4) is 11.5 Å². The molecule has 0 saturated heterocycles. The number of halogens is 2. The van der Waals surface area contributed by atoms with Gasteiger partial charge < -0.3 is 9.15 Å². The fourth-order valence-corrected chi connectivity index (χ4v) is 1.42. The standard InChI is InChI=1S/C14H15F2NO2/c1-10(2)14(15,16)19-9-12-8-18-13(17-12)11-6-4-3-5-7-11/h3-8,10H,9H2,1-2H3. The van der Waals surface area contributed by atoms with E-state index in [4.69, 9.17) is 4.42 Å². The first-order valence-corrected chi connectivity index (χ1v) is 6.00. The Morgan fingerprint density at radius 3 is 2.58 bits per heavy atom. The summed E-state index contributed by atoms with van der Waals surface area (Å²) in [5.74, 6) is -0.486. The lowest BCUT2D eigenvalue weighted by atomic mass is 10.2. The zero-order chi connectivity index (χ0) is 13.9. The topological polar surface area (TPSA) is 35.3 Å². The van der Waals surface area contributed by atoms with Crippen LogP contribution in [0.3, 0.4) is 0 Å². The van der Waals surface area contributed by atoms with E-state index < -0.39 is 12.0 Å². The van der Waals surface area contributed by atoms with Gasteiger partial charge in [-0.1, -0.05) is 32.0 Å². The lowest BCUT2D eigenvalue weighted by molar-refractivity contribution is -0.271. The van der Waals surface area contributed by atoms with Crippen LogP contribution >= 0.6 is 0 Å². The molecule has 19 heavy (non-hydrogen) atoms. The predicted molar refractivity (Wildman–Crippen MR) is 66.5 cm³/mol. The summed E-state index contributed by atoms with van der Waals surface area (Å²) in [5.41, 5.74) is 1.14. The Kier molecular flexibility index (Phi) is 3.95. The van der Waals surface area contributed by atoms with E-state index in [1.165, 1.54) is 20.1 Å². The Balaban J connectivity index is 2.03. The molecule has 0 atom stereocenters. The van der Waals surface area contributed by atoms with Crippen molar-refractivity contribution in [3.05, 3.63) is 42.3 Å². The molecule has 1 heterocycles. The average molecular weight is 267 g/mol. The van der Waals surface area contributed by atoms with Crippen LogP contribution in [0.1, 0.15) is 19.5 Å². The smallest absolute Gasteiger partial charge is 0.358 e. The van der Waals surface area contributed by atoms with Crippen molar-refractivity contribution in [2.24, 2.45) is 5.92 Å². The van der Waals surface area contributed by atoms with Gasteiger partial charge in [0.15, 0.2) is 0 Å². The summed E-state index contributed by atoms with van der Waals surface area (Å²) in [6.45, 7) is 2.53. The zero-order valence-electron chi connectivity index (χ0n) is 10.8. The summed E-state index contributed by atoms with van der Waals surface area (Å²) < 4.78 is 36.4. The summed E-state index contributed by atoms with van der Waals surface area (Å²) in [4.78, 5) is 4.12. The summed E-state index contributed by atoms with van der Waals surface area (Å²) in [5, 5.41) is 0. The van der Waals surface area contributed by atoms with Crippen LogP contribution in [0.15, 0.2) is 41.0 Å². The van der Waals surface area contributed by atoms with E-state index in [1.807, 2.05) is 30.3 Å². The maximum Gasteiger partial charge on any atom is 0.358 e. The second kappa shape index (κ2) is 5.48. The number of aromatic nitrogens is 1. The van der Waals surface area contributed by atoms with Crippen molar-refractivity contribution in [1.29, 1.82) is 0 Å². The molecule has 1 aromatic carbocycles. The SMILES string of the molecule is CC(C)C(F)(F)OCc1coc(-c2ccccc2)n1. The van der Waals surface area contributed by atoms with Crippen molar-refractivity contribution in [2.45, 2.75) is 26.6 Å². The first-order chi connectivity index (χ1) is 8.99. The van der Waals surface area contributed by atoms with Crippen LogP contribution in [-0.2, 0) is 11.3 Å². The third-order valence-corrected chi connectivity index (χ3v) is 2.66. The fourth-order valence-electron chi connectivity index (χ4n) is 1.42. The Labute approximate surface area is 110 Å². The highest BCUT2D eigenvalue weighted by atomic mass is 19.3. The molecule has 0 bridgehead atoms. The van der Waals surface area contributed by atoms with Gasteiger partial charge in [0, 0.05) is 11.5 Å². The predicted octanol–water partition coefficient (Wildman–Crippen LogP) is 4.11. The van der Waals surface area contributed by atoms with Gasteiger partial charge in [-0.3, -0.25) is 0 Å². The molecule has 0 spiro atoms.